The number of rotatable bonds is 5. The molecule has 5 nitrogen and oxygen atoms in total. The van der Waals surface area contributed by atoms with E-state index in [1.54, 1.807) is 0 Å². The Kier molecular flexibility index (Phi) is 4.85. The number of hydrogen-bond donors (Lipinski definition) is 1. The van der Waals surface area contributed by atoms with E-state index < -0.39 is 0 Å². The van der Waals surface area contributed by atoms with Crippen LogP contribution in [0.5, 0.6) is 0 Å². The summed E-state index contributed by atoms with van der Waals surface area (Å²) in [4.78, 5) is 2.29. The zero-order valence-corrected chi connectivity index (χ0v) is 14.2. The smallest absolute Gasteiger partial charge is 0.0538 e. The first-order chi connectivity index (χ1) is 10.6. The summed E-state index contributed by atoms with van der Waals surface area (Å²) < 4.78 is 7.48. The van der Waals surface area contributed by atoms with Crippen molar-refractivity contribution in [3.05, 3.63) is 18.0 Å². The summed E-state index contributed by atoms with van der Waals surface area (Å²) in [6.45, 7) is 2.88. The molecule has 1 aromatic heterocycles. The maximum Gasteiger partial charge on any atom is 0.0538 e. The predicted octanol–water partition coefficient (Wildman–Crippen LogP) is 1.96. The molecule has 2 heterocycles. The van der Waals surface area contributed by atoms with Gasteiger partial charge in [-0.15, -0.1) is 0 Å². The van der Waals surface area contributed by atoms with Crippen molar-refractivity contribution in [2.75, 3.05) is 33.9 Å². The maximum absolute atomic E-state index is 5.59. The number of aryl methyl sites for hydroxylation is 1. The van der Waals surface area contributed by atoms with Crippen LogP contribution >= 0.6 is 0 Å². The van der Waals surface area contributed by atoms with E-state index in [2.05, 4.69) is 35.6 Å². The highest BCUT2D eigenvalue weighted by atomic mass is 16.5. The van der Waals surface area contributed by atoms with Crippen LogP contribution in [-0.2, 0) is 11.8 Å². The van der Waals surface area contributed by atoms with E-state index in [4.69, 9.17) is 4.74 Å². The lowest BCUT2D eigenvalue weighted by Crippen LogP contribution is -2.47. The van der Waals surface area contributed by atoms with Gasteiger partial charge in [-0.1, -0.05) is 6.42 Å². The lowest BCUT2D eigenvalue weighted by atomic mass is 9.75. The Hall–Kier alpha value is -0.910. The van der Waals surface area contributed by atoms with Crippen LogP contribution in [0.4, 0.5) is 0 Å². The summed E-state index contributed by atoms with van der Waals surface area (Å²) in [6, 6.07) is 1.03. The van der Waals surface area contributed by atoms with Crippen LogP contribution in [0.25, 0.3) is 0 Å². The lowest BCUT2D eigenvalue weighted by Gasteiger charge is -2.40. The molecule has 1 N–H and O–H groups in total. The molecule has 2 atom stereocenters. The maximum atomic E-state index is 5.59. The Morgan fingerprint density at radius 1 is 1.41 bits per heavy atom. The van der Waals surface area contributed by atoms with Crippen molar-refractivity contribution in [2.45, 2.75) is 44.2 Å². The highest BCUT2D eigenvalue weighted by Gasteiger charge is 2.43. The molecule has 0 radical (unpaired) electrons. The molecule has 1 spiro atoms. The lowest BCUT2D eigenvalue weighted by molar-refractivity contribution is 0.00355. The summed E-state index contributed by atoms with van der Waals surface area (Å²) in [6.07, 6.45) is 10.6. The van der Waals surface area contributed by atoms with Gasteiger partial charge in [0.1, 0.15) is 0 Å². The standard InChI is InChI=1S/C17H30N4O/c1-20(2)15(14-11-19-21(3)13-14)12-18-16-5-4-6-17(16)7-9-22-10-8-17/h11,13,15-16,18H,4-10,12H2,1-3H3/t15-,16+/m0/s1. The summed E-state index contributed by atoms with van der Waals surface area (Å²) in [7, 11) is 6.29. The van der Waals surface area contributed by atoms with Crippen LogP contribution in [0.15, 0.2) is 12.4 Å². The van der Waals surface area contributed by atoms with E-state index in [-0.39, 0.29) is 0 Å². The molecule has 1 saturated carbocycles. The molecule has 5 heteroatoms. The third-order valence-corrected chi connectivity index (χ3v) is 5.69. The Bertz CT molecular complexity index is 479. The van der Waals surface area contributed by atoms with Crippen molar-refractivity contribution in [1.29, 1.82) is 0 Å². The van der Waals surface area contributed by atoms with Crippen LogP contribution < -0.4 is 5.32 Å². The molecule has 1 aliphatic carbocycles. The molecule has 0 unspecified atom stereocenters. The second-order valence-electron chi connectivity index (χ2n) is 7.25. The number of nitrogens with zero attached hydrogens (tertiary/aromatic N) is 3. The van der Waals surface area contributed by atoms with Gasteiger partial charge in [0.25, 0.3) is 0 Å². The fourth-order valence-corrected chi connectivity index (χ4v) is 4.30. The zero-order chi connectivity index (χ0) is 15.6. The predicted molar refractivity (Wildman–Crippen MR) is 87.8 cm³/mol. The van der Waals surface area contributed by atoms with E-state index in [0.29, 0.717) is 17.5 Å². The van der Waals surface area contributed by atoms with Gasteiger partial charge in [-0.2, -0.15) is 5.10 Å². The highest BCUT2D eigenvalue weighted by molar-refractivity contribution is 5.11. The van der Waals surface area contributed by atoms with Crippen molar-refractivity contribution in [2.24, 2.45) is 12.5 Å². The number of likely N-dealkylation sites (N-methyl/N-ethyl adjacent to an activating group) is 1. The van der Waals surface area contributed by atoms with Crippen LogP contribution in [0.3, 0.4) is 0 Å². The summed E-state index contributed by atoms with van der Waals surface area (Å²) >= 11 is 0. The minimum atomic E-state index is 0.381. The molecule has 124 valence electrons. The Balaban J connectivity index is 1.64. The summed E-state index contributed by atoms with van der Waals surface area (Å²) in [5, 5.41) is 8.23. The molecule has 2 aliphatic rings. The normalized spacial score (nSPS) is 25.9. The van der Waals surface area contributed by atoms with Gasteiger partial charge in [0.2, 0.25) is 0 Å². The van der Waals surface area contributed by atoms with E-state index in [1.165, 1.54) is 37.7 Å². The van der Waals surface area contributed by atoms with Crippen molar-refractivity contribution < 1.29 is 4.74 Å². The molecule has 1 saturated heterocycles. The third kappa shape index (κ3) is 3.21. The molecule has 2 fully saturated rings. The van der Waals surface area contributed by atoms with Gasteiger partial charge in [0.15, 0.2) is 0 Å². The van der Waals surface area contributed by atoms with Gasteiger partial charge >= 0.3 is 0 Å². The van der Waals surface area contributed by atoms with Crippen molar-refractivity contribution in [3.8, 4) is 0 Å². The molecule has 22 heavy (non-hydrogen) atoms. The molecule has 0 aromatic carbocycles. The summed E-state index contributed by atoms with van der Waals surface area (Å²) in [5.74, 6) is 0. The number of nitrogens with one attached hydrogen (secondary N) is 1. The second kappa shape index (κ2) is 6.69. The van der Waals surface area contributed by atoms with Gasteiger partial charge < -0.3 is 15.0 Å². The van der Waals surface area contributed by atoms with E-state index >= 15 is 0 Å². The van der Waals surface area contributed by atoms with E-state index in [0.717, 1.165) is 19.8 Å². The molecular weight excluding hydrogens is 276 g/mol. The Morgan fingerprint density at radius 2 is 2.18 bits per heavy atom. The van der Waals surface area contributed by atoms with E-state index in [1.807, 2.05) is 17.9 Å². The average molecular weight is 306 g/mol. The number of ether oxygens (including phenoxy) is 1. The van der Waals surface area contributed by atoms with Crippen molar-refractivity contribution in [3.63, 3.8) is 0 Å². The molecule has 1 aliphatic heterocycles. The molecule has 0 amide bonds. The topological polar surface area (TPSA) is 42.3 Å². The van der Waals surface area contributed by atoms with Gasteiger partial charge in [-0.05, 0) is 45.2 Å². The van der Waals surface area contributed by atoms with Gasteiger partial charge in [0.05, 0.1) is 6.20 Å². The van der Waals surface area contributed by atoms with Gasteiger partial charge in [-0.25, -0.2) is 0 Å². The van der Waals surface area contributed by atoms with E-state index in [9.17, 15) is 0 Å². The van der Waals surface area contributed by atoms with Crippen molar-refractivity contribution >= 4 is 0 Å². The number of aromatic nitrogens is 2. The highest BCUT2D eigenvalue weighted by Crippen LogP contribution is 2.46. The average Bonchev–Trinajstić information content (AvgIpc) is 3.08. The number of hydrogen-bond acceptors (Lipinski definition) is 4. The largest absolute Gasteiger partial charge is 0.381 e. The third-order valence-electron chi connectivity index (χ3n) is 5.69. The van der Waals surface area contributed by atoms with Gasteiger partial charge in [-0.3, -0.25) is 4.68 Å². The molecular formula is C17H30N4O. The van der Waals surface area contributed by atoms with Crippen molar-refractivity contribution in [1.82, 2.24) is 20.0 Å². The fraction of sp³-hybridized carbons (Fsp3) is 0.824. The monoisotopic (exact) mass is 306 g/mol. The van der Waals surface area contributed by atoms with Crippen LogP contribution in [0.1, 0.15) is 43.7 Å². The Morgan fingerprint density at radius 3 is 2.82 bits per heavy atom. The molecule has 1 aromatic rings. The first kappa shape index (κ1) is 16.0. The Labute approximate surface area is 134 Å². The summed E-state index contributed by atoms with van der Waals surface area (Å²) in [5.41, 5.74) is 1.78. The van der Waals surface area contributed by atoms with Gasteiger partial charge in [0, 0.05) is 50.7 Å². The fourth-order valence-electron chi connectivity index (χ4n) is 4.30. The van der Waals surface area contributed by atoms with Crippen LogP contribution in [0.2, 0.25) is 0 Å². The second-order valence-corrected chi connectivity index (χ2v) is 7.25. The molecule has 0 bridgehead atoms. The quantitative estimate of drug-likeness (QED) is 0.903. The van der Waals surface area contributed by atoms with Crippen LogP contribution in [-0.4, -0.2) is 54.6 Å². The SMILES string of the molecule is CN(C)[C@@H](CN[C@@H]1CCCC12CCOCC2)c1cnn(C)c1. The minimum absolute atomic E-state index is 0.381. The first-order valence-corrected chi connectivity index (χ1v) is 8.57. The first-order valence-electron chi connectivity index (χ1n) is 8.57. The molecule has 3 rings (SSSR count). The van der Waals surface area contributed by atoms with Crippen LogP contribution in [0, 0.1) is 5.41 Å². The minimum Gasteiger partial charge on any atom is -0.381 e. The zero-order valence-electron chi connectivity index (χ0n) is 14.2.